The maximum Gasteiger partial charge on any atom is 0.326 e. The van der Waals surface area contributed by atoms with Crippen LogP contribution in [0.2, 0.25) is 0 Å². The van der Waals surface area contributed by atoms with Gasteiger partial charge in [0.2, 0.25) is 5.91 Å². The second-order valence-corrected chi connectivity index (χ2v) is 5.77. The number of nitrogens with zero attached hydrogens (tertiary/aromatic N) is 2. The third-order valence-corrected chi connectivity index (χ3v) is 4.29. The van der Waals surface area contributed by atoms with Crippen molar-refractivity contribution in [3.63, 3.8) is 0 Å². The van der Waals surface area contributed by atoms with Crippen molar-refractivity contribution >= 4 is 16.9 Å². The molecular formula is C16H22N4O3. The molecule has 3 rings (SSSR count). The first-order valence-corrected chi connectivity index (χ1v) is 7.95. The number of benzene rings is 1. The van der Waals surface area contributed by atoms with E-state index in [1.54, 1.807) is 4.90 Å². The Morgan fingerprint density at radius 3 is 2.78 bits per heavy atom. The monoisotopic (exact) mass is 318 g/mol. The van der Waals surface area contributed by atoms with Gasteiger partial charge in [-0.1, -0.05) is 12.1 Å². The van der Waals surface area contributed by atoms with Gasteiger partial charge in [-0.2, -0.15) is 0 Å². The summed E-state index contributed by atoms with van der Waals surface area (Å²) >= 11 is 0. The minimum absolute atomic E-state index is 0.0110. The molecule has 1 amide bonds. The van der Waals surface area contributed by atoms with Crippen LogP contribution >= 0.6 is 0 Å². The van der Waals surface area contributed by atoms with Gasteiger partial charge in [0.25, 0.3) is 0 Å². The SMILES string of the molecule is NCCOCC(=O)N1CCC(n2c(=O)[nH]c3ccccc32)CC1. The van der Waals surface area contributed by atoms with Crippen LogP contribution in [0.3, 0.4) is 0 Å². The number of H-pyrrole nitrogens is 1. The van der Waals surface area contributed by atoms with E-state index in [9.17, 15) is 9.59 Å². The Hall–Kier alpha value is -2.12. The average molecular weight is 318 g/mol. The van der Waals surface area contributed by atoms with Crippen LogP contribution in [0.4, 0.5) is 0 Å². The van der Waals surface area contributed by atoms with Gasteiger partial charge in [-0.15, -0.1) is 0 Å². The van der Waals surface area contributed by atoms with Gasteiger partial charge in [-0.05, 0) is 25.0 Å². The zero-order chi connectivity index (χ0) is 16.2. The molecule has 2 aromatic rings. The Bertz CT molecular complexity index is 728. The van der Waals surface area contributed by atoms with Crippen LogP contribution in [0, 0.1) is 0 Å². The van der Waals surface area contributed by atoms with E-state index in [-0.39, 0.29) is 24.2 Å². The number of fused-ring (bicyclic) bond motifs is 1. The molecule has 1 aromatic carbocycles. The second kappa shape index (κ2) is 6.97. The lowest BCUT2D eigenvalue weighted by Crippen LogP contribution is -2.42. The lowest BCUT2D eigenvalue weighted by atomic mass is 10.0. The molecule has 1 fully saturated rings. The number of carbonyl (C=O) groups is 1. The standard InChI is InChI=1S/C16H22N4O3/c17-7-10-23-11-15(21)19-8-5-12(6-9-19)20-14-4-2-1-3-13(14)18-16(20)22/h1-4,12H,5-11,17H2,(H,18,22). The molecule has 7 nitrogen and oxygen atoms in total. The van der Waals surface area contributed by atoms with Crippen LogP contribution in [0.15, 0.2) is 29.1 Å². The fourth-order valence-corrected chi connectivity index (χ4v) is 3.14. The van der Waals surface area contributed by atoms with Gasteiger partial charge in [0, 0.05) is 25.7 Å². The minimum Gasteiger partial charge on any atom is -0.370 e. The highest BCUT2D eigenvalue weighted by Gasteiger charge is 2.25. The molecule has 3 N–H and O–H groups in total. The van der Waals surface area contributed by atoms with Gasteiger partial charge in [0.15, 0.2) is 0 Å². The first-order chi connectivity index (χ1) is 11.2. The first-order valence-electron chi connectivity index (χ1n) is 7.95. The summed E-state index contributed by atoms with van der Waals surface area (Å²) in [5.74, 6) is -0.0110. The highest BCUT2D eigenvalue weighted by Crippen LogP contribution is 2.24. The maximum atomic E-state index is 12.2. The Morgan fingerprint density at radius 2 is 2.04 bits per heavy atom. The summed E-state index contributed by atoms with van der Waals surface area (Å²) in [6.07, 6.45) is 1.54. The minimum atomic E-state index is -0.0812. The number of ether oxygens (including phenoxy) is 1. The molecule has 0 aliphatic carbocycles. The molecule has 0 saturated carbocycles. The molecule has 1 aromatic heterocycles. The second-order valence-electron chi connectivity index (χ2n) is 5.77. The number of carbonyl (C=O) groups excluding carboxylic acids is 1. The predicted octanol–water partition coefficient (Wildman–Crippen LogP) is 0.468. The molecule has 1 aliphatic heterocycles. The van der Waals surface area contributed by atoms with Gasteiger partial charge in [-0.25, -0.2) is 4.79 Å². The summed E-state index contributed by atoms with van der Waals surface area (Å²) in [5.41, 5.74) is 7.04. The van der Waals surface area contributed by atoms with Crippen LogP contribution in [0.5, 0.6) is 0 Å². The van der Waals surface area contributed by atoms with Crippen LogP contribution in [0.25, 0.3) is 11.0 Å². The number of nitrogens with one attached hydrogen (secondary N) is 1. The maximum absolute atomic E-state index is 12.2. The van der Waals surface area contributed by atoms with Gasteiger partial charge in [0.1, 0.15) is 6.61 Å². The molecule has 7 heteroatoms. The summed E-state index contributed by atoms with van der Waals surface area (Å²) in [7, 11) is 0. The fourth-order valence-electron chi connectivity index (χ4n) is 3.14. The van der Waals surface area contributed by atoms with Crippen molar-refractivity contribution in [2.75, 3.05) is 32.8 Å². The Balaban J connectivity index is 1.65. The quantitative estimate of drug-likeness (QED) is 0.784. The smallest absolute Gasteiger partial charge is 0.326 e. The van der Waals surface area contributed by atoms with E-state index in [0.717, 1.165) is 23.9 Å². The Labute approximate surface area is 134 Å². The third kappa shape index (κ3) is 3.30. The summed E-state index contributed by atoms with van der Waals surface area (Å²) < 4.78 is 7.02. The zero-order valence-electron chi connectivity index (χ0n) is 13.0. The summed E-state index contributed by atoms with van der Waals surface area (Å²) in [5, 5.41) is 0. The van der Waals surface area contributed by atoms with Crippen molar-refractivity contribution in [3.05, 3.63) is 34.7 Å². The summed E-state index contributed by atoms with van der Waals surface area (Å²) in [4.78, 5) is 28.9. The molecule has 0 atom stereocenters. The van der Waals surface area contributed by atoms with Crippen molar-refractivity contribution < 1.29 is 9.53 Å². The third-order valence-electron chi connectivity index (χ3n) is 4.29. The van der Waals surface area contributed by atoms with E-state index < -0.39 is 0 Å². The van der Waals surface area contributed by atoms with E-state index in [2.05, 4.69) is 4.98 Å². The van der Waals surface area contributed by atoms with Gasteiger partial charge >= 0.3 is 5.69 Å². The lowest BCUT2D eigenvalue weighted by molar-refractivity contribution is -0.137. The number of rotatable bonds is 5. The van der Waals surface area contributed by atoms with Gasteiger partial charge in [0.05, 0.1) is 17.6 Å². The molecule has 124 valence electrons. The number of aromatic amines is 1. The number of hydrogen-bond donors (Lipinski definition) is 2. The van der Waals surface area contributed by atoms with Crippen LogP contribution in [0.1, 0.15) is 18.9 Å². The van der Waals surface area contributed by atoms with Crippen molar-refractivity contribution in [2.45, 2.75) is 18.9 Å². The molecule has 0 unspecified atom stereocenters. The van der Waals surface area contributed by atoms with E-state index in [1.165, 1.54) is 0 Å². The highest BCUT2D eigenvalue weighted by atomic mass is 16.5. The number of aromatic nitrogens is 2. The summed E-state index contributed by atoms with van der Waals surface area (Å²) in [6, 6.07) is 7.81. The molecule has 0 radical (unpaired) electrons. The largest absolute Gasteiger partial charge is 0.370 e. The van der Waals surface area contributed by atoms with Crippen molar-refractivity contribution in [1.82, 2.24) is 14.5 Å². The number of para-hydroxylation sites is 2. The van der Waals surface area contributed by atoms with Crippen LogP contribution < -0.4 is 11.4 Å². The number of amides is 1. The average Bonchev–Trinajstić information content (AvgIpc) is 2.91. The Morgan fingerprint density at radius 1 is 1.30 bits per heavy atom. The van der Waals surface area contributed by atoms with Crippen molar-refractivity contribution in [1.29, 1.82) is 0 Å². The molecule has 2 heterocycles. The number of imidazole rings is 1. The molecule has 1 aliphatic rings. The van der Waals surface area contributed by atoms with E-state index in [4.69, 9.17) is 10.5 Å². The zero-order valence-corrected chi connectivity index (χ0v) is 13.0. The summed E-state index contributed by atoms with van der Waals surface area (Å²) in [6.45, 7) is 2.17. The molecule has 23 heavy (non-hydrogen) atoms. The predicted molar refractivity (Wildman–Crippen MR) is 87.3 cm³/mol. The molecule has 0 spiro atoms. The van der Waals surface area contributed by atoms with Crippen LogP contribution in [-0.4, -0.2) is 53.2 Å². The normalized spacial score (nSPS) is 16.1. The fraction of sp³-hybridized carbons (Fsp3) is 0.500. The van der Waals surface area contributed by atoms with Crippen LogP contribution in [-0.2, 0) is 9.53 Å². The lowest BCUT2D eigenvalue weighted by Gasteiger charge is -2.32. The number of piperidine rings is 1. The first kappa shape index (κ1) is 15.8. The molecule has 1 saturated heterocycles. The van der Waals surface area contributed by atoms with Gasteiger partial charge < -0.3 is 20.4 Å². The van der Waals surface area contributed by atoms with E-state index >= 15 is 0 Å². The number of likely N-dealkylation sites (tertiary alicyclic amines) is 1. The number of nitrogens with two attached hydrogens (primary N) is 1. The van der Waals surface area contributed by atoms with Gasteiger partial charge in [-0.3, -0.25) is 9.36 Å². The van der Waals surface area contributed by atoms with Crippen molar-refractivity contribution in [3.8, 4) is 0 Å². The Kier molecular flexibility index (Phi) is 4.78. The highest BCUT2D eigenvalue weighted by molar-refractivity contribution is 5.77. The topological polar surface area (TPSA) is 93.3 Å². The van der Waals surface area contributed by atoms with Crippen molar-refractivity contribution in [2.24, 2.45) is 5.73 Å². The van der Waals surface area contributed by atoms with E-state index in [1.807, 2.05) is 28.8 Å². The molecular weight excluding hydrogens is 296 g/mol. The number of hydrogen-bond acceptors (Lipinski definition) is 4. The van der Waals surface area contributed by atoms with E-state index in [0.29, 0.717) is 26.2 Å². The molecule has 0 bridgehead atoms.